The topological polar surface area (TPSA) is 59.8 Å². The number of amides is 1. The molecule has 0 aliphatic rings. The van der Waals surface area contributed by atoms with Gasteiger partial charge >= 0.3 is 0 Å². The molecule has 0 radical (unpaired) electrons. The third-order valence-electron chi connectivity index (χ3n) is 4.09. The molecular weight excluding hydrogens is 312 g/mol. The Morgan fingerprint density at radius 2 is 1.88 bits per heavy atom. The summed E-state index contributed by atoms with van der Waals surface area (Å²) in [6.07, 6.45) is 7.06. The monoisotopic (exact) mass is 328 g/mol. The number of pyridine rings is 1. The van der Waals surface area contributed by atoms with Crippen molar-refractivity contribution in [1.29, 1.82) is 0 Å². The Morgan fingerprint density at radius 3 is 2.76 bits per heavy atom. The van der Waals surface area contributed by atoms with Gasteiger partial charge in [-0.25, -0.2) is 4.98 Å². The van der Waals surface area contributed by atoms with Crippen molar-refractivity contribution < 1.29 is 4.79 Å². The normalized spacial score (nSPS) is 10.7. The average Bonchev–Trinajstić information content (AvgIpc) is 3.20. The molecule has 5 nitrogen and oxygen atoms in total. The summed E-state index contributed by atoms with van der Waals surface area (Å²) in [5.41, 5.74) is 3.31. The number of hydrogen-bond donors (Lipinski definition) is 1. The Hall–Kier alpha value is -3.47. The SMILES string of the molecule is O=C(NCc1ccccc1-n1ccnc1)c1cccc2cccnc12. The van der Waals surface area contributed by atoms with E-state index in [1.807, 2.05) is 59.3 Å². The van der Waals surface area contributed by atoms with Gasteiger partial charge in [0, 0.05) is 30.5 Å². The average molecular weight is 328 g/mol. The molecule has 25 heavy (non-hydrogen) atoms. The van der Waals surface area contributed by atoms with E-state index >= 15 is 0 Å². The lowest BCUT2D eigenvalue weighted by molar-refractivity contribution is 0.0952. The van der Waals surface area contributed by atoms with Gasteiger partial charge in [0.05, 0.1) is 23.1 Å². The number of carbonyl (C=O) groups is 1. The molecule has 2 aromatic carbocycles. The van der Waals surface area contributed by atoms with Gasteiger partial charge in [-0.3, -0.25) is 9.78 Å². The fourth-order valence-electron chi connectivity index (χ4n) is 2.87. The van der Waals surface area contributed by atoms with Crippen LogP contribution in [-0.2, 0) is 6.54 Å². The highest BCUT2D eigenvalue weighted by Gasteiger charge is 2.11. The molecule has 1 N–H and O–H groups in total. The van der Waals surface area contributed by atoms with Gasteiger partial charge < -0.3 is 9.88 Å². The number of rotatable bonds is 4. The molecule has 2 aromatic heterocycles. The van der Waals surface area contributed by atoms with Crippen LogP contribution in [0.1, 0.15) is 15.9 Å². The first kappa shape index (κ1) is 15.1. The fraction of sp³-hybridized carbons (Fsp3) is 0.0500. The highest BCUT2D eigenvalue weighted by molar-refractivity contribution is 6.05. The molecule has 0 bridgehead atoms. The Balaban J connectivity index is 1.59. The molecule has 0 saturated heterocycles. The van der Waals surface area contributed by atoms with E-state index in [9.17, 15) is 4.79 Å². The van der Waals surface area contributed by atoms with E-state index < -0.39 is 0 Å². The largest absolute Gasteiger partial charge is 0.348 e. The Morgan fingerprint density at radius 1 is 1.00 bits per heavy atom. The second-order valence-corrected chi connectivity index (χ2v) is 5.66. The molecular formula is C20H16N4O. The minimum Gasteiger partial charge on any atom is -0.348 e. The Bertz CT molecular complexity index is 1020. The molecule has 0 aliphatic heterocycles. The molecule has 0 atom stereocenters. The molecule has 0 fully saturated rings. The number of fused-ring (bicyclic) bond motifs is 1. The van der Waals surface area contributed by atoms with Crippen molar-refractivity contribution in [3.05, 3.63) is 90.6 Å². The molecule has 0 saturated carbocycles. The van der Waals surface area contributed by atoms with Gasteiger partial charge in [0.15, 0.2) is 0 Å². The van der Waals surface area contributed by atoms with Crippen LogP contribution in [0.15, 0.2) is 79.5 Å². The third kappa shape index (κ3) is 2.99. The molecule has 2 heterocycles. The standard InChI is InChI=1S/C20H16N4O/c25-20(17-8-3-6-15-7-4-10-22-19(15)17)23-13-16-5-1-2-9-18(16)24-12-11-21-14-24/h1-12,14H,13H2,(H,23,25). The van der Waals surface area contributed by atoms with Crippen molar-refractivity contribution in [2.45, 2.75) is 6.54 Å². The molecule has 5 heteroatoms. The highest BCUT2D eigenvalue weighted by atomic mass is 16.1. The lowest BCUT2D eigenvalue weighted by Gasteiger charge is -2.12. The van der Waals surface area contributed by atoms with Crippen LogP contribution in [0.25, 0.3) is 16.6 Å². The van der Waals surface area contributed by atoms with Crippen molar-refractivity contribution >= 4 is 16.8 Å². The number of nitrogens with one attached hydrogen (secondary N) is 1. The molecule has 0 aliphatic carbocycles. The van der Waals surface area contributed by atoms with Gasteiger partial charge in [-0.1, -0.05) is 36.4 Å². The quantitative estimate of drug-likeness (QED) is 0.625. The van der Waals surface area contributed by atoms with Gasteiger partial charge in [0.2, 0.25) is 0 Å². The van der Waals surface area contributed by atoms with E-state index in [0.717, 1.165) is 16.6 Å². The summed E-state index contributed by atoms with van der Waals surface area (Å²) in [7, 11) is 0. The number of hydrogen-bond acceptors (Lipinski definition) is 3. The first-order valence-electron chi connectivity index (χ1n) is 8.01. The maximum absolute atomic E-state index is 12.7. The summed E-state index contributed by atoms with van der Waals surface area (Å²) >= 11 is 0. The van der Waals surface area contributed by atoms with Crippen molar-refractivity contribution in [3.8, 4) is 5.69 Å². The number of carbonyl (C=O) groups excluding carboxylic acids is 1. The van der Waals surface area contributed by atoms with Gasteiger partial charge in [-0.2, -0.15) is 0 Å². The smallest absolute Gasteiger partial charge is 0.253 e. The summed E-state index contributed by atoms with van der Waals surface area (Å²) in [5, 5.41) is 3.95. The summed E-state index contributed by atoms with van der Waals surface area (Å²) in [4.78, 5) is 21.1. The van der Waals surface area contributed by atoms with E-state index in [-0.39, 0.29) is 5.91 Å². The number of imidazole rings is 1. The molecule has 1 amide bonds. The zero-order valence-electron chi connectivity index (χ0n) is 13.5. The highest BCUT2D eigenvalue weighted by Crippen LogP contribution is 2.17. The second kappa shape index (κ2) is 6.57. The van der Waals surface area contributed by atoms with E-state index in [1.165, 1.54) is 0 Å². The van der Waals surface area contributed by atoms with Crippen LogP contribution >= 0.6 is 0 Å². The minimum absolute atomic E-state index is 0.135. The summed E-state index contributed by atoms with van der Waals surface area (Å²) < 4.78 is 1.93. The van der Waals surface area contributed by atoms with Gasteiger partial charge in [-0.15, -0.1) is 0 Å². The predicted molar refractivity (Wildman–Crippen MR) is 96.5 cm³/mol. The van der Waals surface area contributed by atoms with Crippen molar-refractivity contribution in [2.75, 3.05) is 0 Å². The van der Waals surface area contributed by atoms with Crippen LogP contribution in [0.3, 0.4) is 0 Å². The number of nitrogens with zero attached hydrogens (tertiary/aromatic N) is 3. The van der Waals surface area contributed by atoms with Crippen LogP contribution in [0, 0.1) is 0 Å². The molecule has 0 spiro atoms. The van der Waals surface area contributed by atoms with E-state index in [2.05, 4.69) is 15.3 Å². The summed E-state index contributed by atoms with van der Waals surface area (Å²) in [5.74, 6) is -0.135. The second-order valence-electron chi connectivity index (χ2n) is 5.66. The number of benzene rings is 2. The first-order chi connectivity index (χ1) is 12.3. The van der Waals surface area contributed by atoms with Crippen LogP contribution in [0.2, 0.25) is 0 Å². The van der Waals surface area contributed by atoms with Crippen LogP contribution in [0.5, 0.6) is 0 Å². The van der Waals surface area contributed by atoms with Crippen molar-refractivity contribution in [1.82, 2.24) is 19.9 Å². The van der Waals surface area contributed by atoms with Crippen LogP contribution in [-0.4, -0.2) is 20.4 Å². The Kier molecular flexibility index (Phi) is 3.96. The molecule has 122 valence electrons. The van der Waals surface area contributed by atoms with Crippen LogP contribution in [0.4, 0.5) is 0 Å². The minimum atomic E-state index is -0.135. The predicted octanol–water partition coefficient (Wildman–Crippen LogP) is 3.35. The van der Waals surface area contributed by atoms with Crippen LogP contribution < -0.4 is 5.32 Å². The Labute approximate surface area is 145 Å². The van der Waals surface area contributed by atoms with E-state index in [4.69, 9.17) is 0 Å². The zero-order chi connectivity index (χ0) is 17.1. The van der Waals surface area contributed by atoms with Crippen molar-refractivity contribution in [3.63, 3.8) is 0 Å². The number of para-hydroxylation sites is 2. The first-order valence-corrected chi connectivity index (χ1v) is 8.01. The fourth-order valence-corrected chi connectivity index (χ4v) is 2.87. The van der Waals surface area contributed by atoms with Gasteiger partial charge in [-0.05, 0) is 23.8 Å². The van der Waals surface area contributed by atoms with Crippen molar-refractivity contribution in [2.24, 2.45) is 0 Å². The summed E-state index contributed by atoms with van der Waals surface area (Å²) in [6, 6.07) is 17.4. The lowest BCUT2D eigenvalue weighted by Crippen LogP contribution is -2.23. The maximum Gasteiger partial charge on any atom is 0.253 e. The maximum atomic E-state index is 12.7. The summed E-state index contributed by atoms with van der Waals surface area (Å²) in [6.45, 7) is 0.427. The molecule has 0 unspecified atom stereocenters. The van der Waals surface area contributed by atoms with Gasteiger partial charge in [0.25, 0.3) is 5.91 Å². The third-order valence-corrected chi connectivity index (χ3v) is 4.09. The van der Waals surface area contributed by atoms with E-state index in [1.54, 1.807) is 24.8 Å². The van der Waals surface area contributed by atoms with Gasteiger partial charge in [0.1, 0.15) is 0 Å². The number of aromatic nitrogens is 3. The molecule has 4 aromatic rings. The lowest BCUT2D eigenvalue weighted by atomic mass is 10.1. The molecule has 4 rings (SSSR count). The zero-order valence-corrected chi connectivity index (χ0v) is 13.5. The van der Waals surface area contributed by atoms with E-state index in [0.29, 0.717) is 17.6 Å².